The maximum atomic E-state index is 10.7. The third kappa shape index (κ3) is 3.94. The summed E-state index contributed by atoms with van der Waals surface area (Å²) in [5.41, 5.74) is 6.65. The normalized spacial score (nSPS) is 9.53. The van der Waals surface area contributed by atoms with Crippen LogP contribution in [0.15, 0.2) is 42.6 Å². The lowest BCUT2D eigenvalue weighted by Crippen LogP contribution is -1.98. The standard InChI is InChI=1S/C13H12N2O3.ClH/c14-8-9-5-6-15-12(7-9)18-11-3-1-10(2-4-11)13(16)17;/h1-7H,8,14H2,(H,16,17);1H. The van der Waals surface area contributed by atoms with Gasteiger partial charge in [0.25, 0.3) is 0 Å². The van der Waals surface area contributed by atoms with E-state index in [1.165, 1.54) is 12.1 Å². The van der Waals surface area contributed by atoms with Gasteiger partial charge in [0, 0.05) is 18.8 Å². The van der Waals surface area contributed by atoms with Gasteiger partial charge in [-0.05, 0) is 35.9 Å². The highest BCUT2D eigenvalue weighted by molar-refractivity contribution is 5.87. The number of hydrogen-bond donors (Lipinski definition) is 2. The number of aromatic nitrogens is 1. The van der Waals surface area contributed by atoms with E-state index in [9.17, 15) is 4.79 Å². The predicted octanol–water partition coefficient (Wildman–Crippen LogP) is 2.45. The minimum atomic E-state index is -0.968. The Morgan fingerprint density at radius 2 is 1.95 bits per heavy atom. The molecule has 1 heterocycles. The summed E-state index contributed by atoms with van der Waals surface area (Å²) in [4.78, 5) is 14.7. The first kappa shape index (κ1) is 14.9. The van der Waals surface area contributed by atoms with E-state index in [1.54, 1.807) is 30.5 Å². The number of benzene rings is 1. The third-order valence-electron chi connectivity index (χ3n) is 2.36. The second-order valence-electron chi connectivity index (χ2n) is 3.64. The van der Waals surface area contributed by atoms with Crippen molar-refractivity contribution in [1.82, 2.24) is 4.98 Å². The number of nitrogens with two attached hydrogens (primary N) is 1. The van der Waals surface area contributed by atoms with Crippen molar-refractivity contribution >= 4 is 18.4 Å². The zero-order valence-electron chi connectivity index (χ0n) is 9.95. The fraction of sp³-hybridized carbons (Fsp3) is 0.0769. The Labute approximate surface area is 116 Å². The molecule has 0 amide bonds. The molecule has 2 rings (SSSR count). The van der Waals surface area contributed by atoms with Crippen LogP contribution in [0.2, 0.25) is 0 Å². The molecular weight excluding hydrogens is 268 g/mol. The van der Waals surface area contributed by atoms with E-state index < -0.39 is 5.97 Å². The van der Waals surface area contributed by atoms with E-state index in [2.05, 4.69) is 4.98 Å². The lowest BCUT2D eigenvalue weighted by molar-refractivity contribution is 0.0697. The highest BCUT2D eigenvalue weighted by atomic mass is 35.5. The molecule has 1 aromatic carbocycles. The number of hydrogen-bond acceptors (Lipinski definition) is 4. The van der Waals surface area contributed by atoms with Crippen LogP contribution in [0.3, 0.4) is 0 Å². The Balaban J connectivity index is 0.00000180. The van der Waals surface area contributed by atoms with Crippen molar-refractivity contribution in [3.05, 3.63) is 53.7 Å². The molecule has 3 N–H and O–H groups in total. The van der Waals surface area contributed by atoms with Crippen molar-refractivity contribution in [2.45, 2.75) is 6.54 Å². The topological polar surface area (TPSA) is 85.4 Å². The van der Waals surface area contributed by atoms with Crippen LogP contribution in [0.4, 0.5) is 0 Å². The number of rotatable bonds is 4. The van der Waals surface area contributed by atoms with Gasteiger partial charge in [-0.2, -0.15) is 0 Å². The van der Waals surface area contributed by atoms with Crippen molar-refractivity contribution < 1.29 is 14.6 Å². The number of halogens is 1. The first-order chi connectivity index (χ1) is 8.69. The van der Waals surface area contributed by atoms with Gasteiger partial charge < -0.3 is 15.6 Å². The van der Waals surface area contributed by atoms with Gasteiger partial charge in [-0.1, -0.05) is 0 Å². The molecule has 0 aliphatic rings. The van der Waals surface area contributed by atoms with Gasteiger partial charge in [-0.15, -0.1) is 12.4 Å². The molecule has 0 radical (unpaired) electrons. The van der Waals surface area contributed by atoms with Crippen LogP contribution in [0.1, 0.15) is 15.9 Å². The third-order valence-corrected chi connectivity index (χ3v) is 2.36. The Morgan fingerprint density at radius 1 is 1.26 bits per heavy atom. The van der Waals surface area contributed by atoms with E-state index in [4.69, 9.17) is 15.6 Å². The maximum Gasteiger partial charge on any atom is 0.335 e. The van der Waals surface area contributed by atoms with Crippen LogP contribution in [0, 0.1) is 0 Å². The molecule has 2 aromatic rings. The van der Waals surface area contributed by atoms with Crippen LogP contribution < -0.4 is 10.5 Å². The Hall–Kier alpha value is -2.11. The quantitative estimate of drug-likeness (QED) is 0.898. The molecule has 0 fully saturated rings. The molecule has 5 nitrogen and oxygen atoms in total. The molecule has 0 aliphatic heterocycles. The lowest BCUT2D eigenvalue weighted by atomic mass is 10.2. The summed E-state index contributed by atoms with van der Waals surface area (Å²) in [6.45, 7) is 0.414. The Kier molecular flexibility index (Phi) is 5.29. The van der Waals surface area contributed by atoms with Crippen molar-refractivity contribution in [2.75, 3.05) is 0 Å². The highest BCUT2D eigenvalue weighted by Crippen LogP contribution is 2.20. The number of carboxylic acids is 1. The zero-order valence-corrected chi connectivity index (χ0v) is 10.8. The van der Waals surface area contributed by atoms with Gasteiger partial charge in [0.15, 0.2) is 0 Å². The van der Waals surface area contributed by atoms with E-state index in [1.807, 2.05) is 0 Å². The first-order valence-corrected chi connectivity index (χ1v) is 5.35. The fourth-order valence-electron chi connectivity index (χ4n) is 1.42. The summed E-state index contributed by atoms with van der Waals surface area (Å²) in [6, 6.07) is 9.67. The van der Waals surface area contributed by atoms with E-state index in [-0.39, 0.29) is 18.0 Å². The van der Waals surface area contributed by atoms with Crippen molar-refractivity contribution in [3.8, 4) is 11.6 Å². The second kappa shape index (κ2) is 6.72. The van der Waals surface area contributed by atoms with Crippen molar-refractivity contribution in [2.24, 2.45) is 5.73 Å². The van der Waals surface area contributed by atoms with Crippen molar-refractivity contribution in [3.63, 3.8) is 0 Å². The molecule has 0 saturated carbocycles. The molecule has 100 valence electrons. The molecule has 0 saturated heterocycles. The number of pyridine rings is 1. The van der Waals surface area contributed by atoms with Crippen molar-refractivity contribution in [1.29, 1.82) is 0 Å². The molecule has 0 spiro atoms. The smallest absolute Gasteiger partial charge is 0.335 e. The van der Waals surface area contributed by atoms with Crippen LogP contribution in [-0.4, -0.2) is 16.1 Å². The van der Waals surface area contributed by atoms with Crippen LogP contribution in [0.25, 0.3) is 0 Å². The molecule has 0 unspecified atom stereocenters. The van der Waals surface area contributed by atoms with Gasteiger partial charge in [-0.25, -0.2) is 9.78 Å². The summed E-state index contributed by atoms with van der Waals surface area (Å²) in [7, 11) is 0. The summed E-state index contributed by atoms with van der Waals surface area (Å²) < 4.78 is 5.50. The molecule has 0 bridgehead atoms. The molecule has 0 aliphatic carbocycles. The summed E-state index contributed by atoms with van der Waals surface area (Å²) in [5.74, 6) is -0.00694. The second-order valence-corrected chi connectivity index (χ2v) is 3.64. The average Bonchev–Trinajstić information content (AvgIpc) is 2.39. The van der Waals surface area contributed by atoms with Crippen LogP contribution >= 0.6 is 12.4 Å². The number of carbonyl (C=O) groups is 1. The van der Waals surface area contributed by atoms with Gasteiger partial charge in [0.1, 0.15) is 5.75 Å². The van der Waals surface area contributed by atoms with Crippen LogP contribution in [-0.2, 0) is 6.54 Å². The van der Waals surface area contributed by atoms with Gasteiger partial charge >= 0.3 is 5.97 Å². The van der Waals surface area contributed by atoms with E-state index >= 15 is 0 Å². The minimum absolute atomic E-state index is 0. The Bertz CT molecular complexity index is 558. The molecule has 6 heteroatoms. The van der Waals surface area contributed by atoms with Crippen LogP contribution in [0.5, 0.6) is 11.6 Å². The first-order valence-electron chi connectivity index (χ1n) is 5.35. The van der Waals surface area contributed by atoms with Gasteiger partial charge in [0.05, 0.1) is 5.56 Å². The number of ether oxygens (including phenoxy) is 1. The molecule has 19 heavy (non-hydrogen) atoms. The van der Waals surface area contributed by atoms with E-state index in [0.29, 0.717) is 18.2 Å². The highest BCUT2D eigenvalue weighted by Gasteiger charge is 2.03. The summed E-state index contributed by atoms with van der Waals surface area (Å²) in [6.07, 6.45) is 1.61. The largest absolute Gasteiger partial charge is 0.478 e. The van der Waals surface area contributed by atoms with E-state index in [0.717, 1.165) is 5.56 Å². The summed E-state index contributed by atoms with van der Waals surface area (Å²) in [5, 5.41) is 8.77. The zero-order chi connectivity index (χ0) is 13.0. The maximum absolute atomic E-state index is 10.7. The molecule has 1 aromatic heterocycles. The number of aromatic carboxylic acids is 1. The summed E-state index contributed by atoms with van der Waals surface area (Å²) >= 11 is 0. The lowest BCUT2D eigenvalue weighted by Gasteiger charge is -2.05. The number of nitrogens with zero attached hydrogens (tertiary/aromatic N) is 1. The average molecular weight is 281 g/mol. The molecular formula is C13H13ClN2O3. The number of carboxylic acid groups (broad SMARTS) is 1. The predicted molar refractivity (Wildman–Crippen MR) is 72.9 cm³/mol. The van der Waals surface area contributed by atoms with Gasteiger partial charge in [0.2, 0.25) is 5.88 Å². The fourth-order valence-corrected chi connectivity index (χ4v) is 1.42. The minimum Gasteiger partial charge on any atom is -0.478 e. The SMILES string of the molecule is Cl.NCc1ccnc(Oc2ccc(C(=O)O)cc2)c1. The monoisotopic (exact) mass is 280 g/mol. The van der Waals surface area contributed by atoms with Gasteiger partial charge in [-0.3, -0.25) is 0 Å². The Morgan fingerprint density at radius 3 is 2.53 bits per heavy atom. The molecule has 0 atom stereocenters.